The Bertz CT molecular complexity index is 1080. The highest BCUT2D eigenvalue weighted by Crippen LogP contribution is 2.34. The Morgan fingerprint density at radius 1 is 0.574 bits per heavy atom. The minimum Gasteiger partial charge on any atom is -0.394 e. The lowest BCUT2D eigenvalue weighted by Gasteiger charge is -2.47. The van der Waals surface area contributed by atoms with Crippen molar-refractivity contribution in [2.45, 2.75) is 123 Å². The zero-order valence-electron chi connectivity index (χ0n) is 25.0. The lowest BCUT2D eigenvalue weighted by Crippen LogP contribution is -2.68. The molecule has 0 aromatic carbocycles. The van der Waals surface area contributed by atoms with Crippen LogP contribution in [0.25, 0.3) is 0 Å². The van der Waals surface area contributed by atoms with Gasteiger partial charge in [0.25, 0.3) is 0 Å². The van der Waals surface area contributed by atoms with E-state index in [2.05, 4.69) is 0 Å². The van der Waals surface area contributed by atoms with Crippen LogP contribution in [0.1, 0.15) is 6.42 Å². The lowest BCUT2D eigenvalue weighted by molar-refractivity contribution is -0.306. The summed E-state index contributed by atoms with van der Waals surface area (Å²) in [6.45, 7) is -0.967. The molecule has 23 nitrogen and oxygen atoms in total. The molecule has 1 saturated carbocycles. The number of ether oxygens (including phenoxy) is 6. The van der Waals surface area contributed by atoms with Crippen molar-refractivity contribution in [2.75, 3.05) is 19.7 Å². The Labute approximate surface area is 269 Å². The average molecular weight is 713 g/mol. The summed E-state index contributed by atoms with van der Waals surface area (Å²) in [4.78, 5) is 0. The first-order valence-electron chi connectivity index (χ1n) is 14.6. The summed E-state index contributed by atoms with van der Waals surface area (Å²) in [5.41, 5.74) is 35.6. The van der Waals surface area contributed by atoms with Gasteiger partial charge in [0.15, 0.2) is 18.9 Å². The summed E-state index contributed by atoms with van der Waals surface area (Å²) in [6, 6.07) is -4.18. The largest absolute Gasteiger partial charge is 0.394 e. The number of nitrogens with two attached hydrogens (primary N) is 6. The van der Waals surface area contributed by atoms with Gasteiger partial charge >= 0.3 is 10.4 Å². The van der Waals surface area contributed by atoms with Crippen LogP contribution in [0.2, 0.25) is 0 Å². The van der Waals surface area contributed by atoms with Gasteiger partial charge in [0.2, 0.25) is 0 Å². The van der Waals surface area contributed by atoms with Gasteiger partial charge in [-0.1, -0.05) is 0 Å². The molecule has 4 rings (SSSR count). The minimum atomic E-state index is -4.67. The molecule has 278 valence electrons. The fourth-order valence-electron chi connectivity index (χ4n) is 5.74. The van der Waals surface area contributed by atoms with Crippen LogP contribution in [0, 0.1) is 0 Å². The van der Waals surface area contributed by atoms with E-state index in [4.69, 9.17) is 80.3 Å². The molecule has 19 atom stereocenters. The molecule has 0 spiro atoms. The topological polar surface area (TPSA) is 428 Å². The number of aliphatic hydroxyl groups excluding tert-OH is 7. The van der Waals surface area contributed by atoms with Crippen LogP contribution in [0.3, 0.4) is 0 Å². The maximum atomic E-state index is 11.1. The van der Waals surface area contributed by atoms with Gasteiger partial charge in [0.05, 0.1) is 24.8 Å². The molecular formula is C23H48N6O17S. The Hall–Kier alpha value is -0.890. The predicted molar refractivity (Wildman–Crippen MR) is 153 cm³/mol. The van der Waals surface area contributed by atoms with E-state index in [1.165, 1.54) is 0 Å². The highest BCUT2D eigenvalue weighted by molar-refractivity contribution is 7.79. The molecule has 1 aliphatic carbocycles. The second-order valence-electron chi connectivity index (χ2n) is 11.7. The molecule has 0 bridgehead atoms. The van der Waals surface area contributed by atoms with Gasteiger partial charge in [-0.3, -0.25) is 9.11 Å². The van der Waals surface area contributed by atoms with E-state index in [1.54, 1.807) is 0 Å². The molecule has 3 saturated heterocycles. The highest BCUT2D eigenvalue weighted by atomic mass is 32.3. The summed E-state index contributed by atoms with van der Waals surface area (Å²) >= 11 is 0. The van der Waals surface area contributed by atoms with Gasteiger partial charge in [0.1, 0.15) is 67.1 Å². The third-order valence-corrected chi connectivity index (χ3v) is 8.37. The first-order chi connectivity index (χ1) is 21.8. The van der Waals surface area contributed by atoms with E-state index in [-0.39, 0.29) is 19.5 Å². The van der Waals surface area contributed by atoms with Gasteiger partial charge in [-0.2, -0.15) is 8.42 Å². The van der Waals surface area contributed by atoms with Gasteiger partial charge < -0.3 is 98.6 Å². The molecule has 21 N–H and O–H groups in total. The van der Waals surface area contributed by atoms with Crippen LogP contribution in [-0.4, -0.2) is 189 Å². The van der Waals surface area contributed by atoms with E-state index in [1.807, 2.05) is 0 Å². The van der Waals surface area contributed by atoms with Crippen LogP contribution in [0.15, 0.2) is 0 Å². The average Bonchev–Trinajstić information content (AvgIpc) is 3.30. The first-order valence-corrected chi connectivity index (χ1v) is 16.0. The Balaban J connectivity index is 0.00000111. The number of aliphatic hydroxyl groups is 7. The first kappa shape index (κ1) is 40.5. The van der Waals surface area contributed by atoms with Gasteiger partial charge in [-0.25, -0.2) is 0 Å². The van der Waals surface area contributed by atoms with Crippen molar-refractivity contribution in [1.82, 2.24) is 0 Å². The molecule has 3 heterocycles. The van der Waals surface area contributed by atoms with E-state index in [0.717, 1.165) is 0 Å². The van der Waals surface area contributed by atoms with Gasteiger partial charge in [-0.05, 0) is 6.42 Å². The van der Waals surface area contributed by atoms with Crippen LogP contribution < -0.4 is 34.4 Å². The van der Waals surface area contributed by atoms with Crippen molar-refractivity contribution in [2.24, 2.45) is 34.4 Å². The zero-order chi connectivity index (χ0) is 35.5. The molecule has 0 radical (unpaired) electrons. The quantitative estimate of drug-likeness (QED) is 0.0986. The number of hydrogen-bond donors (Lipinski definition) is 15. The molecule has 4 fully saturated rings. The second-order valence-corrected chi connectivity index (χ2v) is 12.6. The Kier molecular flexibility index (Phi) is 14.6. The van der Waals surface area contributed by atoms with Gasteiger partial charge in [0, 0.05) is 25.2 Å². The third-order valence-electron chi connectivity index (χ3n) is 8.37. The normalized spacial score (nSPS) is 49.3. The molecule has 0 unspecified atom stereocenters. The van der Waals surface area contributed by atoms with Crippen molar-refractivity contribution in [3.63, 3.8) is 0 Å². The van der Waals surface area contributed by atoms with Crippen LogP contribution >= 0.6 is 0 Å². The summed E-state index contributed by atoms with van der Waals surface area (Å²) in [6.07, 6.45) is -19.8. The van der Waals surface area contributed by atoms with E-state index in [9.17, 15) is 35.7 Å². The maximum absolute atomic E-state index is 11.1. The second kappa shape index (κ2) is 16.9. The van der Waals surface area contributed by atoms with Gasteiger partial charge in [-0.15, -0.1) is 0 Å². The summed E-state index contributed by atoms with van der Waals surface area (Å²) < 4.78 is 66.2. The smallest absolute Gasteiger partial charge is 0.394 e. The standard InChI is InChI=1S/C23H46N6O13.H2O4S/c24-2-7-13(32)15(34)10(28)21(37-7)40-18-6(27)1-5(26)12(31)20(18)42-23-17(36)19(9(4-30)39-23)41-22-11(29)16(35)14(33)8(3-25)38-22;1-5(2,3)4/h5-23,30-36H,1-4,24-29H2;(H2,1,2,3,4)/t5-,6-,7+,8+,9+,10+,11-,12+,13+,14+,15+,16+,17+,18-,19+,20-,21-,22+,23-;/m1./s1. The monoisotopic (exact) mass is 712 g/mol. The maximum Gasteiger partial charge on any atom is 0.394 e. The molecule has 4 aliphatic rings. The van der Waals surface area contributed by atoms with Crippen LogP contribution in [0.4, 0.5) is 0 Å². The molecule has 0 aromatic heterocycles. The van der Waals surface area contributed by atoms with E-state index >= 15 is 0 Å². The molecule has 24 heteroatoms. The Morgan fingerprint density at radius 2 is 0.979 bits per heavy atom. The van der Waals surface area contributed by atoms with Crippen molar-refractivity contribution < 1.29 is 81.7 Å². The summed E-state index contributed by atoms with van der Waals surface area (Å²) in [5.74, 6) is 0. The lowest BCUT2D eigenvalue weighted by atomic mass is 9.84. The number of rotatable bonds is 9. The van der Waals surface area contributed by atoms with Crippen molar-refractivity contribution in [1.29, 1.82) is 0 Å². The molecular weight excluding hydrogens is 664 g/mol. The summed E-state index contributed by atoms with van der Waals surface area (Å²) in [7, 11) is -4.67. The zero-order valence-corrected chi connectivity index (χ0v) is 25.8. The SMILES string of the molecule is NC[C@@H]1O[C@H](O[C@H]2[C@H](O[C@H]3O[C@@H](CO)[C@H](O[C@@H]4O[C@@H](CN)[C@H](O)[C@@H](O)[C@H]4N)[C@@H]3O)[C@@H](O)[C@H](N)C[C@H]2N)[C@@H](N)[C@H](O)[C@H]1O.O=S(=O)(O)O. The molecule has 0 amide bonds. The number of hydrogen-bond acceptors (Lipinski definition) is 21. The highest BCUT2D eigenvalue weighted by Gasteiger charge is 2.54. The fourth-order valence-corrected chi connectivity index (χ4v) is 5.74. The minimum absolute atomic E-state index is 0.0889. The van der Waals surface area contributed by atoms with Crippen LogP contribution in [-0.2, 0) is 38.8 Å². The molecule has 3 aliphatic heterocycles. The fraction of sp³-hybridized carbons (Fsp3) is 1.00. The van der Waals surface area contributed by atoms with Crippen molar-refractivity contribution >= 4 is 10.4 Å². The molecule has 0 aromatic rings. The van der Waals surface area contributed by atoms with E-state index in [0.29, 0.717) is 0 Å². The molecule has 47 heavy (non-hydrogen) atoms. The third kappa shape index (κ3) is 9.67. The predicted octanol–water partition coefficient (Wildman–Crippen LogP) is -9.55. The van der Waals surface area contributed by atoms with E-state index < -0.39 is 133 Å². The van der Waals surface area contributed by atoms with Crippen molar-refractivity contribution in [3.8, 4) is 0 Å². The van der Waals surface area contributed by atoms with Crippen LogP contribution in [0.5, 0.6) is 0 Å². The van der Waals surface area contributed by atoms with Crippen molar-refractivity contribution in [3.05, 3.63) is 0 Å². The Morgan fingerprint density at radius 3 is 1.40 bits per heavy atom. The summed E-state index contributed by atoms with van der Waals surface area (Å²) in [5, 5.41) is 73.0.